The molecule has 7 nitrogen and oxygen atoms in total. The highest BCUT2D eigenvalue weighted by atomic mass is 32.2. The zero-order chi connectivity index (χ0) is 16.4. The van der Waals surface area contributed by atoms with Crippen molar-refractivity contribution in [1.29, 1.82) is 0 Å². The number of aromatic nitrogens is 1. The molecule has 1 amide bonds. The van der Waals surface area contributed by atoms with E-state index in [1.807, 2.05) is 6.08 Å². The van der Waals surface area contributed by atoms with Crippen LogP contribution in [0.3, 0.4) is 0 Å². The maximum absolute atomic E-state index is 12.4. The highest BCUT2D eigenvalue weighted by molar-refractivity contribution is 7.90. The molecular weight excluding hydrogens is 316 g/mol. The van der Waals surface area contributed by atoms with Crippen LogP contribution in [-0.4, -0.2) is 37.0 Å². The Bertz CT molecular complexity index is 1010. The number of allylic oxidation sites excluding steroid dienone is 3. The Morgan fingerprint density at radius 2 is 2.04 bits per heavy atom. The lowest BCUT2D eigenvalue weighted by atomic mass is 10.0. The number of fused-ring (bicyclic) bond motifs is 2. The van der Waals surface area contributed by atoms with Crippen molar-refractivity contribution >= 4 is 32.9 Å². The van der Waals surface area contributed by atoms with Crippen LogP contribution in [0.2, 0.25) is 0 Å². The number of carbonyl (C=O) groups excluding carboxylic acids is 1. The first-order valence-electron chi connectivity index (χ1n) is 6.94. The predicted octanol–water partition coefficient (Wildman–Crippen LogP) is 1.18. The van der Waals surface area contributed by atoms with Crippen LogP contribution < -0.4 is 5.32 Å². The second-order valence-corrected chi connectivity index (χ2v) is 7.61. The van der Waals surface area contributed by atoms with E-state index < -0.39 is 9.84 Å². The number of aryl methyl sites for hydroxylation is 1. The number of carbonyl (C=O) groups is 1. The molecule has 8 heteroatoms. The maximum Gasteiger partial charge on any atom is 0.276 e. The van der Waals surface area contributed by atoms with Gasteiger partial charge < -0.3 is 5.32 Å². The van der Waals surface area contributed by atoms with Gasteiger partial charge in [0.15, 0.2) is 20.6 Å². The molecule has 2 aliphatic carbocycles. The van der Waals surface area contributed by atoms with Gasteiger partial charge >= 0.3 is 0 Å². The number of sulfone groups is 1. The van der Waals surface area contributed by atoms with Gasteiger partial charge in [-0.3, -0.25) is 4.79 Å². The molecule has 1 aliphatic heterocycles. The number of hydrogen-bond acceptors (Lipinski definition) is 6. The SMILES string of the molecule is Cc1nc(S(C)(=O)=O)ccc1NC(=O)C1=NN=C2C1=CC1=C2C1. The Morgan fingerprint density at radius 3 is 2.74 bits per heavy atom. The number of rotatable bonds is 3. The fourth-order valence-corrected chi connectivity index (χ4v) is 3.22. The summed E-state index contributed by atoms with van der Waals surface area (Å²) in [6.45, 7) is 1.64. The molecule has 1 aromatic heterocycles. The predicted molar refractivity (Wildman–Crippen MR) is 85.3 cm³/mol. The Kier molecular flexibility index (Phi) is 2.71. The van der Waals surface area contributed by atoms with Crippen molar-refractivity contribution in [2.75, 3.05) is 11.6 Å². The summed E-state index contributed by atoms with van der Waals surface area (Å²) in [6, 6.07) is 2.89. The molecule has 0 bridgehead atoms. The molecule has 2 heterocycles. The standard InChI is InChI=1S/C15H12N4O3S/c1-7-11(3-4-12(16-7)23(2,21)22)17-15(20)14-10-6-8-5-9(8)13(10)18-19-14/h3-4,6H,5H2,1-2H3,(H,17,20). The molecule has 4 rings (SSSR count). The first-order valence-corrected chi connectivity index (χ1v) is 8.83. The quantitative estimate of drug-likeness (QED) is 0.900. The highest BCUT2D eigenvalue weighted by Crippen LogP contribution is 2.43. The molecule has 0 radical (unpaired) electrons. The fraction of sp³-hybridized carbons (Fsp3) is 0.200. The number of hydrogen-bond donors (Lipinski definition) is 1. The molecule has 0 fully saturated rings. The lowest BCUT2D eigenvalue weighted by Gasteiger charge is -2.09. The van der Waals surface area contributed by atoms with Crippen molar-refractivity contribution < 1.29 is 13.2 Å². The van der Waals surface area contributed by atoms with Crippen LogP contribution in [0, 0.1) is 6.92 Å². The van der Waals surface area contributed by atoms with Crippen LogP contribution in [0.4, 0.5) is 5.69 Å². The van der Waals surface area contributed by atoms with Crippen molar-refractivity contribution in [1.82, 2.24) is 4.98 Å². The third kappa shape index (κ3) is 2.22. The van der Waals surface area contributed by atoms with E-state index >= 15 is 0 Å². The zero-order valence-corrected chi connectivity index (χ0v) is 13.2. The summed E-state index contributed by atoms with van der Waals surface area (Å²) in [5.74, 6) is -0.380. The zero-order valence-electron chi connectivity index (χ0n) is 12.4. The largest absolute Gasteiger partial charge is 0.319 e. The lowest BCUT2D eigenvalue weighted by Crippen LogP contribution is -2.25. The van der Waals surface area contributed by atoms with Crippen molar-refractivity contribution in [3.05, 3.63) is 40.6 Å². The average molecular weight is 328 g/mol. The minimum absolute atomic E-state index is 0.0248. The Balaban J connectivity index is 1.55. The topological polar surface area (TPSA) is 101 Å². The van der Waals surface area contributed by atoms with E-state index in [1.165, 1.54) is 23.3 Å². The number of anilines is 1. The van der Waals surface area contributed by atoms with Crippen LogP contribution in [0.1, 0.15) is 12.1 Å². The molecule has 0 atom stereocenters. The second-order valence-electron chi connectivity index (χ2n) is 5.64. The summed E-state index contributed by atoms with van der Waals surface area (Å²) < 4.78 is 23.0. The van der Waals surface area contributed by atoms with E-state index in [2.05, 4.69) is 20.5 Å². The number of nitrogens with zero attached hydrogens (tertiary/aromatic N) is 3. The molecule has 1 aromatic rings. The normalized spacial score (nSPS) is 18.1. The lowest BCUT2D eigenvalue weighted by molar-refractivity contribution is -0.110. The molecule has 0 saturated heterocycles. The summed E-state index contributed by atoms with van der Waals surface area (Å²) in [6.07, 6.45) is 3.96. The highest BCUT2D eigenvalue weighted by Gasteiger charge is 2.40. The third-order valence-electron chi connectivity index (χ3n) is 3.90. The molecule has 116 valence electrons. The van der Waals surface area contributed by atoms with Gasteiger partial charge in [-0.25, -0.2) is 13.4 Å². The fourth-order valence-electron chi connectivity index (χ4n) is 2.60. The molecule has 3 aliphatic rings. The Labute approximate surface area is 132 Å². The van der Waals surface area contributed by atoms with Gasteiger partial charge in [-0.2, -0.15) is 0 Å². The van der Waals surface area contributed by atoms with Crippen molar-refractivity contribution in [3.8, 4) is 0 Å². The van der Waals surface area contributed by atoms with Gasteiger partial charge in [0.2, 0.25) is 0 Å². The molecule has 0 spiro atoms. The first-order chi connectivity index (χ1) is 10.8. The van der Waals surface area contributed by atoms with E-state index in [1.54, 1.807) is 6.92 Å². The number of amides is 1. The van der Waals surface area contributed by atoms with Crippen molar-refractivity contribution in [2.45, 2.75) is 18.4 Å². The van der Waals surface area contributed by atoms with Gasteiger partial charge in [-0.05, 0) is 36.3 Å². The van der Waals surface area contributed by atoms with Gasteiger partial charge in [0.1, 0.15) is 0 Å². The molecule has 23 heavy (non-hydrogen) atoms. The van der Waals surface area contributed by atoms with Gasteiger partial charge in [0.05, 0.1) is 17.1 Å². The molecule has 0 aromatic carbocycles. The summed E-state index contributed by atoms with van der Waals surface area (Å²) in [4.78, 5) is 16.4. The van der Waals surface area contributed by atoms with Crippen LogP contribution in [0.25, 0.3) is 0 Å². The second kappa shape index (κ2) is 4.45. The van der Waals surface area contributed by atoms with Crippen molar-refractivity contribution in [2.24, 2.45) is 10.2 Å². The van der Waals surface area contributed by atoms with E-state index in [0.717, 1.165) is 24.0 Å². The minimum Gasteiger partial charge on any atom is -0.319 e. The Hall–Kier alpha value is -2.61. The van der Waals surface area contributed by atoms with Gasteiger partial charge in [-0.1, -0.05) is 0 Å². The van der Waals surface area contributed by atoms with Gasteiger partial charge in [-0.15, -0.1) is 10.2 Å². The third-order valence-corrected chi connectivity index (χ3v) is 4.89. The summed E-state index contributed by atoms with van der Waals surface area (Å²) in [5.41, 5.74) is 5.09. The number of pyridine rings is 1. The van der Waals surface area contributed by atoms with E-state index in [-0.39, 0.29) is 16.6 Å². The molecule has 0 saturated carbocycles. The monoisotopic (exact) mass is 328 g/mol. The average Bonchev–Trinajstić information content (AvgIpc) is 2.95. The van der Waals surface area contributed by atoms with E-state index in [9.17, 15) is 13.2 Å². The molecule has 1 N–H and O–H groups in total. The van der Waals surface area contributed by atoms with Gasteiger partial charge in [0.25, 0.3) is 5.91 Å². The van der Waals surface area contributed by atoms with E-state index in [4.69, 9.17) is 0 Å². The minimum atomic E-state index is -3.38. The first kappa shape index (κ1) is 14.0. The molecular formula is C15H12N4O3S. The van der Waals surface area contributed by atoms with E-state index in [0.29, 0.717) is 11.4 Å². The summed E-state index contributed by atoms with van der Waals surface area (Å²) >= 11 is 0. The van der Waals surface area contributed by atoms with Gasteiger partial charge in [0, 0.05) is 18.2 Å². The van der Waals surface area contributed by atoms with Crippen LogP contribution >= 0.6 is 0 Å². The van der Waals surface area contributed by atoms with Crippen LogP contribution in [0.5, 0.6) is 0 Å². The van der Waals surface area contributed by atoms with Crippen molar-refractivity contribution in [3.63, 3.8) is 0 Å². The van der Waals surface area contributed by atoms with Crippen LogP contribution in [0.15, 0.2) is 50.2 Å². The maximum atomic E-state index is 12.4. The number of nitrogens with one attached hydrogen (secondary N) is 1. The summed E-state index contributed by atoms with van der Waals surface area (Å²) in [5, 5.41) is 10.7. The smallest absolute Gasteiger partial charge is 0.276 e. The summed E-state index contributed by atoms with van der Waals surface area (Å²) in [7, 11) is -3.38. The van der Waals surface area contributed by atoms with Crippen LogP contribution in [-0.2, 0) is 14.6 Å². The molecule has 0 unspecified atom stereocenters. The Morgan fingerprint density at radius 1 is 1.26 bits per heavy atom.